The fraction of sp³-hybridized carbons (Fsp3) is 0.0370. The van der Waals surface area contributed by atoms with Crippen molar-refractivity contribution in [3.63, 3.8) is 0 Å². The molecule has 0 atom stereocenters. The Hall–Kier alpha value is -4.43. The van der Waals surface area contributed by atoms with Crippen LogP contribution in [0.1, 0.15) is 5.69 Å². The van der Waals surface area contributed by atoms with Crippen molar-refractivity contribution >= 4 is 34.2 Å². The van der Waals surface area contributed by atoms with E-state index in [0.717, 1.165) is 32.5 Å². The van der Waals surface area contributed by atoms with Gasteiger partial charge in [0.1, 0.15) is 0 Å². The SMILES string of the molecule is CN=C(C=CNc1ccccc1)c1nn(-c2cccc(Sc3nc4ccccc4[nH]3)c2)ccc1=O. The van der Waals surface area contributed by atoms with Gasteiger partial charge in [0.2, 0.25) is 5.43 Å². The van der Waals surface area contributed by atoms with Gasteiger partial charge >= 0.3 is 0 Å². The number of nitrogens with zero attached hydrogens (tertiary/aromatic N) is 4. The molecule has 0 aliphatic carbocycles. The van der Waals surface area contributed by atoms with Crippen LogP contribution in [0.3, 0.4) is 0 Å². The van der Waals surface area contributed by atoms with Crippen molar-refractivity contribution in [1.82, 2.24) is 19.7 Å². The molecular weight excluding hydrogens is 456 g/mol. The minimum Gasteiger partial charge on any atom is -0.362 e. The molecule has 7 nitrogen and oxygen atoms in total. The molecule has 0 spiro atoms. The molecule has 0 radical (unpaired) electrons. The van der Waals surface area contributed by atoms with Crippen molar-refractivity contribution in [3.05, 3.63) is 119 Å². The number of benzene rings is 3. The summed E-state index contributed by atoms with van der Waals surface area (Å²) in [5.74, 6) is 0. The van der Waals surface area contributed by atoms with Crippen LogP contribution >= 0.6 is 11.8 Å². The zero-order valence-electron chi connectivity index (χ0n) is 18.9. The van der Waals surface area contributed by atoms with Crippen molar-refractivity contribution < 1.29 is 0 Å². The Balaban J connectivity index is 1.39. The third kappa shape index (κ3) is 5.23. The molecule has 172 valence electrons. The Morgan fingerprint density at radius 1 is 1.03 bits per heavy atom. The van der Waals surface area contributed by atoms with E-state index in [2.05, 4.69) is 25.4 Å². The number of aromatic nitrogens is 4. The van der Waals surface area contributed by atoms with Crippen molar-refractivity contribution in [2.75, 3.05) is 12.4 Å². The molecule has 5 rings (SSSR count). The molecule has 0 aliphatic heterocycles. The molecule has 0 aliphatic rings. The molecule has 8 heteroatoms. The van der Waals surface area contributed by atoms with Crippen LogP contribution in [0.2, 0.25) is 0 Å². The highest BCUT2D eigenvalue weighted by molar-refractivity contribution is 7.99. The maximum absolute atomic E-state index is 12.6. The summed E-state index contributed by atoms with van der Waals surface area (Å²) in [6.07, 6.45) is 5.16. The Labute approximate surface area is 206 Å². The van der Waals surface area contributed by atoms with Gasteiger partial charge in [-0.1, -0.05) is 48.2 Å². The fourth-order valence-corrected chi connectivity index (χ4v) is 4.37. The molecule has 0 saturated heterocycles. The normalized spacial score (nSPS) is 11.9. The second-order valence-corrected chi connectivity index (χ2v) is 8.65. The lowest BCUT2D eigenvalue weighted by molar-refractivity contribution is 0.826. The van der Waals surface area contributed by atoms with Crippen molar-refractivity contribution in [2.45, 2.75) is 10.1 Å². The zero-order chi connectivity index (χ0) is 24.0. The third-order valence-corrected chi connectivity index (χ3v) is 6.10. The summed E-state index contributed by atoms with van der Waals surface area (Å²) in [5, 5.41) is 8.57. The molecule has 2 N–H and O–H groups in total. The average Bonchev–Trinajstić information content (AvgIpc) is 3.30. The Morgan fingerprint density at radius 3 is 2.69 bits per heavy atom. The first-order valence-electron chi connectivity index (χ1n) is 11.0. The Morgan fingerprint density at radius 2 is 1.86 bits per heavy atom. The first kappa shape index (κ1) is 22.4. The summed E-state index contributed by atoms with van der Waals surface area (Å²) in [6, 6.07) is 27.1. The summed E-state index contributed by atoms with van der Waals surface area (Å²) < 4.78 is 1.68. The van der Waals surface area contributed by atoms with Gasteiger partial charge in [0.25, 0.3) is 0 Å². The molecule has 5 aromatic rings. The van der Waals surface area contributed by atoms with Gasteiger partial charge in [-0.2, -0.15) is 5.10 Å². The minimum absolute atomic E-state index is 0.195. The maximum atomic E-state index is 12.6. The molecule has 0 unspecified atom stereocenters. The largest absolute Gasteiger partial charge is 0.362 e. The van der Waals surface area contributed by atoms with Gasteiger partial charge in [-0.15, -0.1) is 0 Å². The zero-order valence-corrected chi connectivity index (χ0v) is 19.7. The van der Waals surface area contributed by atoms with Crippen LogP contribution in [0.5, 0.6) is 0 Å². The predicted octanol–water partition coefficient (Wildman–Crippen LogP) is 5.30. The van der Waals surface area contributed by atoms with Gasteiger partial charge in [-0.3, -0.25) is 9.79 Å². The van der Waals surface area contributed by atoms with E-state index < -0.39 is 0 Å². The van der Waals surface area contributed by atoms with E-state index in [0.29, 0.717) is 5.71 Å². The van der Waals surface area contributed by atoms with E-state index in [-0.39, 0.29) is 11.1 Å². The lowest BCUT2D eigenvalue weighted by Gasteiger charge is -2.09. The fourth-order valence-electron chi connectivity index (χ4n) is 3.52. The van der Waals surface area contributed by atoms with Gasteiger partial charge in [0.15, 0.2) is 10.9 Å². The maximum Gasteiger partial charge on any atom is 0.209 e. The number of allylic oxidation sites excluding steroid dienone is 1. The quantitative estimate of drug-likeness (QED) is 0.310. The van der Waals surface area contributed by atoms with Crippen molar-refractivity contribution in [3.8, 4) is 5.69 Å². The van der Waals surface area contributed by atoms with E-state index in [1.807, 2.05) is 78.9 Å². The van der Waals surface area contributed by atoms with Gasteiger partial charge in [-0.05, 0) is 48.5 Å². The lowest BCUT2D eigenvalue weighted by atomic mass is 10.2. The number of rotatable bonds is 7. The van der Waals surface area contributed by atoms with Crippen LogP contribution in [0.25, 0.3) is 16.7 Å². The van der Waals surface area contributed by atoms with Gasteiger partial charge in [0.05, 0.1) is 22.4 Å². The van der Waals surface area contributed by atoms with Crippen LogP contribution in [-0.2, 0) is 0 Å². The van der Waals surface area contributed by atoms with E-state index in [9.17, 15) is 4.79 Å². The van der Waals surface area contributed by atoms with E-state index in [1.165, 1.54) is 17.8 Å². The molecule has 2 heterocycles. The summed E-state index contributed by atoms with van der Waals surface area (Å²) in [6.45, 7) is 0. The van der Waals surface area contributed by atoms with Crippen molar-refractivity contribution in [2.24, 2.45) is 4.99 Å². The molecule has 0 saturated carbocycles. The standard InChI is InChI=1S/C27H22N6OS/c1-28-24(14-16-29-19-8-3-2-4-9-19)26-25(34)15-17-33(32-26)20-10-7-11-21(18-20)35-27-30-22-12-5-6-13-23(22)31-27/h2-18,29H,1H3,(H,30,31). The topological polar surface area (TPSA) is 88.0 Å². The number of aromatic amines is 1. The van der Waals surface area contributed by atoms with Gasteiger partial charge in [0, 0.05) is 36.1 Å². The lowest BCUT2D eigenvalue weighted by Crippen LogP contribution is -2.20. The van der Waals surface area contributed by atoms with Crippen molar-refractivity contribution in [1.29, 1.82) is 0 Å². The second-order valence-electron chi connectivity index (χ2n) is 7.58. The third-order valence-electron chi connectivity index (χ3n) is 5.22. The number of hydrogen-bond acceptors (Lipinski definition) is 6. The Kier molecular flexibility index (Phi) is 6.54. The van der Waals surface area contributed by atoms with Gasteiger partial charge in [-0.25, -0.2) is 9.67 Å². The average molecular weight is 479 g/mol. The molecule has 35 heavy (non-hydrogen) atoms. The predicted molar refractivity (Wildman–Crippen MR) is 142 cm³/mol. The van der Waals surface area contributed by atoms with E-state index in [4.69, 9.17) is 0 Å². The summed E-state index contributed by atoms with van der Waals surface area (Å²) in [4.78, 5) is 25.8. The van der Waals surface area contributed by atoms with Crippen LogP contribution in [0, 0.1) is 0 Å². The first-order valence-corrected chi connectivity index (χ1v) is 11.8. The number of fused-ring (bicyclic) bond motifs is 1. The number of imidazole rings is 1. The summed E-state index contributed by atoms with van der Waals surface area (Å²) in [7, 11) is 1.64. The molecule has 3 aromatic carbocycles. The highest BCUT2D eigenvalue weighted by Gasteiger charge is 2.10. The van der Waals surface area contributed by atoms with E-state index in [1.54, 1.807) is 30.2 Å². The second kappa shape index (κ2) is 10.2. The summed E-state index contributed by atoms with van der Waals surface area (Å²) >= 11 is 1.54. The molecule has 0 amide bonds. The molecule has 0 fully saturated rings. The van der Waals surface area contributed by atoms with Crippen LogP contribution in [0.4, 0.5) is 5.69 Å². The number of hydrogen-bond donors (Lipinski definition) is 2. The molecule has 0 bridgehead atoms. The number of H-pyrrole nitrogens is 1. The number of nitrogens with one attached hydrogen (secondary N) is 2. The van der Waals surface area contributed by atoms with Gasteiger partial charge < -0.3 is 10.3 Å². The minimum atomic E-state index is -0.195. The highest BCUT2D eigenvalue weighted by atomic mass is 32.2. The monoisotopic (exact) mass is 478 g/mol. The first-order chi connectivity index (χ1) is 17.2. The van der Waals surface area contributed by atoms with E-state index >= 15 is 0 Å². The molecular formula is C27H22N6OS. The highest BCUT2D eigenvalue weighted by Crippen LogP contribution is 2.28. The smallest absolute Gasteiger partial charge is 0.209 e. The summed E-state index contributed by atoms with van der Waals surface area (Å²) in [5.41, 5.74) is 4.26. The Bertz CT molecular complexity index is 1550. The van der Waals surface area contributed by atoms with Crippen LogP contribution in [-0.4, -0.2) is 32.5 Å². The number of anilines is 1. The van der Waals surface area contributed by atoms with Crippen LogP contribution in [0.15, 0.2) is 123 Å². The molecule has 2 aromatic heterocycles. The number of para-hydroxylation sites is 3. The van der Waals surface area contributed by atoms with Crippen LogP contribution < -0.4 is 10.7 Å². The number of aliphatic imine (C=N–C) groups is 1.